The molecule has 3 aromatic rings. The highest BCUT2D eigenvalue weighted by Crippen LogP contribution is 2.18. The van der Waals surface area contributed by atoms with Crippen molar-refractivity contribution < 1.29 is 13.9 Å². The van der Waals surface area contributed by atoms with Crippen LogP contribution in [0.1, 0.15) is 39.6 Å². The van der Waals surface area contributed by atoms with E-state index in [1.165, 1.54) is 0 Å². The molecule has 142 valence electrons. The third-order valence-corrected chi connectivity index (χ3v) is 3.82. The highest BCUT2D eigenvalue weighted by Gasteiger charge is 2.21. The van der Waals surface area contributed by atoms with Crippen molar-refractivity contribution >= 4 is 28.9 Å². The second kappa shape index (κ2) is 7.44. The van der Waals surface area contributed by atoms with Crippen LogP contribution in [0.5, 0.6) is 0 Å². The molecular weight excluding hydrogens is 368 g/mol. The summed E-state index contributed by atoms with van der Waals surface area (Å²) >= 11 is 6.26. The molecule has 3 rings (SSSR count). The van der Waals surface area contributed by atoms with Crippen LogP contribution in [-0.2, 0) is 4.74 Å². The number of aromatic nitrogens is 2. The van der Waals surface area contributed by atoms with E-state index in [9.17, 15) is 4.79 Å². The second-order valence-electron chi connectivity index (χ2n) is 7.02. The van der Waals surface area contributed by atoms with E-state index < -0.39 is 17.7 Å². The number of carbonyl (C=O) groups excluding carboxylic acids is 1. The number of nitrogens with one attached hydrogen (secondary N) is 1. The monoisotopic (exact) mass is 388 g/mol. The zero-order chi connectivity index (χ0) is 19.6. The molecule has 8 heteroatoms. The van der Waals surface area contributed by atoms with Gasteiger partial charge in [0.15, 0.2) is 0 Å². The van der Waals surface area contributed by atoms with Crippen LogP contribution in [0.4, 0.5) is 10.5 Å². The molecule has 0 aliphatic rings. The van der Waals surface area contributed by atoms with Crippen LogP contribution in [0, 0.1) is 0 Å². The fourth-order valence-corrected chi connectivity index (χ4v) is 2.60. The molecule has 1 N–H and O–H groups in total. The molecule has 0 saturated carbocycles. The van der Waals surface area contributed by atoms with Crippen molar-refractivity contribution in [3.63, 3.8) is 0 Å². The third-order valence-electron chi connectivity index (χ3n) is 3.52. The van der Waals surface area contributed by atoms with E-state index in [-0.39, 0.29) is 5.89 Å². The highest BCUT2D eigenvalue weighted by molar-refractivity contribution is 6.33. The van der Waals surface area contributed by atoms with Gasteiger partial charge in [-0.1, -0.05) is 29.8 Å². The summed E-state index contributed by atoms with van der Waals surface area (Å²) in [5.41, 5.74) is 0.971. The van der Waals surface area contributed by atoms with Gasteiger partial charge >= 0.3 is 6.09 Å². The van der Waals surface area contributed by atoms with E-state index in [1.54, 1.807) is 44.5 Å². The maximum Gasteiger partial charge on any atom is 0.408 e. The van der Waals surface area contributed by atoms with E-state index in [0.717, 1.165) is 0 Å². The number of amides is 1. The lowest BCUT2D eigenvalue weighted by Gasteiger charge is -2.21. The summed E-state index contributed by atoms with van der Waals surface area (Å²) in [5, 5.41) is 7.57. The number of fused-ring (bicyclic) bond motifs is 1. The minimum absolute atomic E-state index is 0.273. The van der Waals surface area contributed by atoms with Crippen molar-refractivity contribution in [3.8, 4) is 0 Å². The summed E-state index contributed by atoms with van der Waals surface area (Å²) in [7, 11) is 0. The zero-order valence-electron chi connectivity index (χ0n) is 15.6. The van der Waals surface area contributed by atoms with Crippen molar-refractivity contribution in [3.05, 3.63) is 59.1 Å². The Hall–Kier alpha value is -2.80. The maximum atomic E-state index is 12.0. The summed E-state index contributed by atoms with van der Waals surface area (Å²) in [6.45, 7) is 7.14. The Morgan fingerprint density at radius 1 is 1.30 bits per heavy atom. The predicted molar refractivity (Wildman–Crippen MR) is 102 cm³/mol. The molecule has 1 aromatic carbocycles. The van der Waals surface area contributed by atoms with Gasteiger partial charge in [-0.2, -0.15) is 0 Å². The molecule has 27 heavy (non-hydrogen) atoms. The normalized spacial score (nSPS) is 13.6. The molecule has 0 unspecified atom stereocenters. The van der Waals surface area contributed by atoms with Crippen LogP contribution < -0.4 is 10.9 Å². The predicted octanol–water partition coefficient (Wildman–Crippen LogP) is 4.40. The van der Waals surface area contributed by atoms with Gasteiger partial charge in [0.05, 0.1) is 10.7 Å². The Morgan fingerprint density at radius 2 is 2.00 bits per heavy atom. The number of para-hydroxylation sites is 1. The summed E-state index contributed by atoms with van der Waals surface area (Å²) in [5.74, 6) is 0.273. The van der Waals surface area contributed by atoms with Crippen LogP contribution in [0.2, 0.25) is 5.02 Å². The molecule has 0 saturated heterocycles. The minimum Gasteiger partial charge on any atom is -0.444 e. The van der Waals surface area contributed by atoms with Crippen LogP contribution in [0.15, 0.2) is 52.0 Å². The summed E-state index contributed by atoms with van der Waals surface area (Å²) in [4.78, 5) is 16.6. The number of alkyl carbamates (subject to hydrolysis) is 1. The average molecular weight is 389 g/mol. The van der Waals surface area contributed by atoms with Gasteiger partial charge in [0.1, 0.15) is 17.2 Å². The number of hydrogen-bond acceptors (Lipinski definition) is 5. The molecule has 2 heterocycles. The van der Waals surface area contributed by atoms with Gasteiger partial charge in [-0.25, -0.2) is 14.3 Å². The van der Waals surface area contributed by atoms with Crippen molar-refractivity contribution in [2.75, 3.05) is 0 Å². The Labute approximate surface area is 161 Å². The lowest BCUT2D eigenvalue weighted by atomic mass is 10.2. The quantitative estimate of drug-likeness (QED) is 0.721. The topological polar surface area (TPSA) is 81.1 Å². The van der Waals surface area contributed by atoms with Crippen molar-refractivity contribution in [1.82, 2.24) is 14.9 Å². The molecule has 0 spiro atoms. The fraction of sp³-hybridized carbons (Fsp3) is 0.316. The molecule has 1 amide bonds. The van der Waals surface area contributed by atoms with E-state index in [2.05, 4.69) is 15.4 Å². The van der Waals surface area contributed by atoms with Crippen molar-refractivity contribution in [2.45, 2.75) is 39.3 Å². The number of rotatable bonds is 3. The van der Waals surface area contributed by atoms with E-state index in [1.807, 2.05) is 30.3 Å². The van der Waals surface area contributed by atoms with Crippen LogP contribution in [0.25, 0.3) is 5.52 Å². The van der Waals surface area contributed by atoms with Gasteiger partial charge in [0.25, 0.3) is 0 Å². The summed E-state index contributed by atoms with van der Waals surface area (Å²) < 4.78 is 12.7. The van der Waals surface area contributed by atoms with E-state index >= 15 is 0 Å². The van der Waals surface area contributed by atoms with Gasteiger partial charge in [-0.05, 0) is 45.9 Å². The first-order valence-corrected chi connectivity index (χ1v) is 8.88. The standard InChI is InChI=1S/C19H21ClN4O3/c1-12(21-18(25)27-19(2,3)4)16-23-24-11-10-14(20)15(24)17(26-16)22-13-8-6-5-7-9-13/h5-12H,1-4H3,(H,21,25)/t12-/m0/s1. The first-order valence-electron chi connectivity index (χ1n) is 8.50. The van der Waals surface area contributed by atoms with E-state index in [0.29, 0.717) is 21.8 Å². The molecule has 0 aliphatic heterocycles. The Bertz CT molecular complexity index is 1020. The second-order valence-corrected chi connectivity index (χ2v) is 7.42. The molecular formula is C19H21ClN4O3. The lowest BCUT2D eigenvalue weighted by molar-refractivity contribution is 0.0499. The van der Waals surface area contributed by atoms with Crippen LogP contribution in [0.3, 0.4) is 0 Å². The Kier molecular flexibility index (Phi) is 5.23. The van der Waals surface area contributed by atoms with Crippen molar-refractivity contribution in [2.24, 2.45) is 4.99 Å². The maximum absolute atomic E-state index is 12.0. The number of carbonyl (C=O) groups is 1. The fourth-order valence-electron chi connectivity index (χ4n) is 2.37. The smallest absolute Gasteiger partial charge is 0.408 e. The number of ether oxygens (including phenoxy) is 1. The molecule has 7 nitrogen and oxygen atoms in total. The summed E-state index contributed by atoms with van der Waals surface area (Å²) in [6.07, 6.45) is 1.15. The Morgan fingerprint density at radius 3 is 2.67 bits per heavy atom. The summed E-state index contributed by atoms with van der Waals surface area (Å²) in [6, 6.07) is 10.5. The number of benzene rings is 1. The number of hydrogen-bond donors (Lipinski definition) is 1. The molecule has 0 aliphatic carbocycles. The molecule has 2 aromatic heterocycles. The van der Waals surface area contributed by atoms with Crippen LogP contribution in [-0.4, -0.2) is 21.3 Å². The van der Waals surface area contributed by atoms with Gasteiger partial charge in [0, 0.05) is 6.20 Å². The first kappa shape index (κ1) is 19.0. The number of nitrogens with zero attached hydrogens (tertiary/aromatic N) is 3. The first-order chi connectivity index (χ1) is 12.7. The highest BCUT2D eigenvalue weighted by atomic mass is 35.5. The average Bonchev–Trinajstić information content (AvgIpc) is 2.95. The minimum atomic E-state index is -0.597. The largest absolute Gasteiger partial charge is 0.444 e. The third kappa shape index (κ3) is 4.68. The molecule has 0 radical (unpaired) electrons. The zero-order valence-corrected chi connectivity index (χ0v) is 16.3. The van der Waals surface area contributed by atoms with Crippen molar-refractivity contribution in [1.29, 1.82) is 0 Å². The molecule has 0 fully saturated rings. The van der Waals surface area contributed by atoms with Gasteiger partial charge < -0.3 is 14.5 Å². The van der Waals surface area contributed by atoms with Gasteiger partial charge in [-0.15, -0.1) is 5.10 Å². The Balaban J connectivity index is 2.00. The van der Waals surface area contributed by atoms with Gasteiger partial charge in [-0.3, -0.25) is 0 Å². The van der Waals surface area contributed by atoms with Crippen LogP contribution >= 0.6 is 11.6 Å². The SMILES string of the molecule is C[C@H](NC(=O)OC(C)(C)C)c1nn2ccc(Cl)c2c(=Nc2ccccc2)o1. The molecule has 1 atom stereocenters. The number of halogens is 1. The van der Waals surface area contributed by atoms with E-state index in [4.69, 9.17) is 20.8 Å². The molecule has 0 bridgehead atoms. The lowest BCUT2D eigenvalue weighted by Crippen LogP contribution is -2.34. The van der Waals surface area contributed by atoms with Gasteiger partial charge in [0.2, 0.25) is 11.4 Å².